The predicted octanol–water partition coefficient (Wildman–Crippen LogP) is 5.12. The number of amides is 1. The fourth-order valence-corrected chi connectivity index (χ4v) is 4.42. The van der Waals surface area contributed by atoms with Crippen LogP contribution in [0.25, 0.3) is 0 Å². The van der Waals surface area contributed by atoms with E-state index in [0.29, 0.717) is 38.4 Å². The van der Waals surface area contributed by atoms with Crippen LogP contribution in [-0.4, -0.2) is 48.1 Å². The normalized spacial score (nSPS) is 15.6. The smallest absolute Gasteiger partial charge is 0.237 e. The third-order valence-electron chi connectivity index (χ3n) is 6.26. The monoisotopic (exact) mass is 482 g/mol. The number of carbonyl (C=O) groups is 1. The summed E-state index contributed by atoms with van der Waals surface area (Å²) in [5.74, 6) is 0.429. The Morgan fingerprint density at radius 1 is 1.06 bits per heavy atom. The number of rotatable bonds is 11. The number of furan rings is 1. The van der Waals surface area contributed by atoms with E-state index in [1.807, 2.05) is 54.3 Å². The van der Waals surface area contributed by atoms with E-state index >= 15 is 0 Å². The van der Waals surface area contributed by atoms with Gasteiger partial charge in [0.2, 0.25) is 5.91 Å². The zero-order valence-corrected chi connectivity index (χ0v) is 20.1. The van der Waals surface area contributed by atoms with Crippen molar-refractivity contribution >= 4 is 5.91 Å². The lowest BCUT2D eigenvalue weighted by Gasteiger charge is -2.29. The molecule has 0 bridgehead atoms. The molecule has 2 heterocycles. The molecule has 0 aliphatic carbocycles. The largest absolute Gasteiger partial charge is 0.464 e. The maximum absolute atomic E-state index is 14.4. The van der Waals surface area contributed by atoms with Crippen molar-refractivity contribution in [2.24, 2.45) is 0 Å². The Hall–Kier alpha value is -3.03. The molecule has 2 aromatic carbocycles. The van der Waals surface area contributed by atoms with Gasteiger partial charge in [0.25, 0.3) is 0 Å². The van der Waals surface area contributed by atoms with Gasteiger partial charge < -0.3 is 14.1 Å². The van der Waals surface area contributed by atoms with E-state index in [1.165, 1.54) is 6.07 Å². The highest BCUT2D eigenvalue weighted by Gasteiger charge is 2.24. The molecule has 1 fully saturated rings. The molecule has 1 saturated heterocycles. The molecule has 0 spiro atoms. The summed E-state index contributed by atoms with van der Waals surface area (Å²) in [6.07, 6.45) is 2.53. The summed E-state index contributed by atoms with van der Waals surface area (Å²) in [4.78, 5) is 17.2. The molecule has 3 aromatic rings. The van der Waals surface area contributed by atoms with Gasteiger partial charge in [-0.2, -0.15) is 0 Å². The molecule has 5 nitrogen and oxygen atoms in total. The van der Waals surface area contributed by atoms with Crippen LogP contribution in [0, 0.1) is 18.6 Å². The fourth-order valence-electron chi connectivity index (χ4n) is 4.42. The molecule has 1 aliphatic heterocycles. The Labute approximate surface area is 205 Å². The molecule has 4 rings (SSSR count). The van der Waals surface area contributed by atoms with Crippen molar-refractivity contribution in [1.29, 1.82) is 0 Å². The number of hydrogen-bond acceptors (Lipinski definition) is 4. The summed E-state index contributed by atoms with van der Waals surface area (Å²) in [6.45, 7) is 4.10. The number of halogens is 2. The maximum atomic E-state index is 14.4. The molecular weight excluding hydrogens is 450 g/mol. The summed E-state index contributed by atoms with van der Waals surface area (Å²) in [7, 11) is 0. The third kappa shape index (κ3) is 7.47. The molecule has 1 aliphatic rings. The lowest BCUT2D eigenvalue weighted by Crippen LogP contribution is -2.43. The van der Waals surface area contributed by atoms with Crippen molar-refractivity contribution in [3.05, 3.63) is 94.9 Å². The first-order valence-corrected chi connectivity index (χ1v) is 12.1. The van der Waals surface area contributed by atoms with Gasteiger partial charge in [0.05, 0.1) is 19.2 Å². The molecule has 0 N–H and O–H groups in total. The summed E-state index contributed by atoms with van der Waals surface area (Å²) in [5.41, 5.74) is 1.37. The second kappa shape index (κ2) is 12.1. The topological polar surface area (TPSA) is 45.9 Å². The molecule has 0 radical (unpaired) electrons. The van der Waals surface area contributed by atoms with Gasteiger partial charge in [0, 0.05) is 31.8 Å². The van der Waals surface area contributed by atoms with Crippen LogP contribution in [0.1, 0.15) is 35.5 Å². The van der Waals surface area contributed by atoms with Crippen molar-refractivity contribution in [1.82, 2.24) is 9.80 Å². The molecule has 7 heteroatoms. The first-order valence-electron chi connectivity index (χ1n) is 12.1. The summed E-state index contributed by atoms with van der Waals surface area (Å²) in [5, 5.41) is 0. The van der Waals surface area contributed by atoms with Crippen LogP contribution >= 0.6 is 0 Å². The average Bonchev–Trinajstić information content (AvgIpc) is 3.51. The van der Waals surface area contributed by atoms with Gasteiger partial charge in [-0.3, -0.25) is 9.69 Å². The van der Waals surface area contributed by atoms with E-state index in [2.05, 4.69) is 0 Å². The molecule has 0 saturated carbocycles. The highest BCUT2D eigenvalue weighted by atomic mass is 19.1. The maximum Gasteiger partial charge on any atom is 0.237 e. The van der Waals surface area contributed by atoms with Gasteiger partial charge >= 0.3 is 0 Å². The van der Waals surface area contributed by atoms with Crippen molar-refractivity contribution in [3.63, 3.8) is 0 Å². The molecule has 1 amide bonds. The first kappa shape index (κ1) is 25.1. The van der Waals surface area contributed by atoms with Gasteiger partial charge in [-0.05, 0) is 62.1 Å². The Kier molecular flexibility index (Phi) is 8.66. The van der Waals surface area contributed by atoms with Crippen LogP contribution in [0.3, 0.4) is 0 Å². The highest BCUT2D eigenvalue weighted by molar-refractivity contribution is 5.78. The highest BCUT2D eigenvalue weighted by Crippen LogP contribution is 2.18. The summed E-state index contributed by atoms with van der Waals surface area (Å²) >= 11 is 0. The minimum absolute atomic E-state index is 0.0232. The van der Waals surface area contributed by atoms with E-state index in [4.69, 9.17) is 9.15 Å². The summed E-state index contributed by atoms with van der Waals surface area (Å²) < 4.78 is 39.7. The molecule has 35 heavy (non-hydrogen) atoms. The Bertz CT molecular complexity index is 1100. The van der Waals surface area contributed by atoms with E-state index in [0.717, 1.165) is 36.3 Å². The van der Waals surface area contributed by atoms with E-state index in [1.54, 1.807) is 4.90 Å². The zero-order valence-electron chi connectivity index (χ0n) is 20.1. The number of nitrogens with zero attached hydrogens (tertiary/aromatic N) is 2. The van der Waals surface area contributed by atoms with Gasteiger partial charge in [-0.25, -0.2) is 8.78 Å². The van der Waals surface area contributed by atoms with Crippen LogP contribution in [0.5, 0.6) is 0 Å². The second-order valence-corrected chi connectivity index (χ2v) is 9.10. The van der Waals surface area contributed by atoms with Crippen LogP contribution in [0.2, 0.25) is 0 Å². The molecule has 1 aromatic heterocycles. The zero-order chi connectivity index (χ0) is 24.6. The number of ether oxygens (including phenoxy) is 1. The Balaban J connectivity index is 1.49. The van der Waals surface area contributed by atoms with E-state index in [9.17, 15) is 13.6 Å². The lowest BCUT2D eigenvalue weighted by molar-refractivity contribution is -0.133. The van der Waals surface area contributed by atoms with E-state index in [-0.39, 0.29) is 30.7 Å². The first-order chi connectivity index (χ1) is 17.0. The van der Waals surface area contributed by atoms with Crippen molar-refractivity contribution < 1.29 is 22.7 Å². The van der Waals surface area contributed by atoms with Gasteiger partial charge in [-0.1, -0.05) is 30.3 Å². The van der Waals surface area contributed by atoms with Crippen molar-refractivity contribution in [2.75, 3.05) is 26.2 Å². The minimum Gasteiger partial charge on any atom is -0.464 e. The van der Waals surface area contributed by atoms with E-state index < -0.39 is 11.6 Å². The number of benzene rings is 2. The van der Waals surface area contributed by atoms with Crippen LogP contribution in [0.4, 0.5) is 8.78 Å². The molecular formula is C28H32F2N2O3. The van der Waals surface area contributed by atoms with Crippen LogP contribution in [-0.2, 0) is 29.0 Å². The van der Waals surface area contributed by atoms with Crippen LogP contribution < -0.4 is 0 Å². The third-order valence-corrected chi connectivity index (χ3v) is 6.26. The van der Waals surface area contributed by atoms with Gasteiger partial charge in [-0.15, -0.1) is 0 Å². The second-order valence-electron chi connectivity index (χ2n) is 9.10. The minimum atomic E-state index is -0.498. The standard InChI is InChI=1S/C28H32F2N2O3/c1-21-9-11-26(35-21)19-32(14-13-22-6-3-2-4-7-22)28(33)20-31(18-25-8-5-15-34-25)17-23-16-24(29)10-12-27(23)30/h2-4,6-7,9-12,16,25H,5,8,13-15,17-20H2,1H3/t25-/m1/s1. The lowest BCUT2D eigenvalue weighted by atomic mass is 10.1. The SMILES string of the molecule is Cc1ccc(CN(CCc2ccccc2)C(=O)CN(Cc2cc(F)ccc2F)C[C@H]2CCCO2)o1. The fraction of sp³-hybridized carbons (Fsp3) is 0.393. The molecule has 1 atom stereocenters. The quantitative estimate of drug-likeness (QED) is 0.381. The van der Waals surface area contributed by atoms with Crippen molar-refractivity contribution in [3.8, 4) is 0 Å². The number of hydrogen-bond donors (Lipinski definition) is 0. The van der Waals surface area contributed by atoms with Crippen molar-refractivity contribution in [2.45, 2.75) is 45.4 Å². The molecule has 186 valence electrons. The Morgan fingerprint density at radius 2 is 1.89 bits per heavy atom. The average molecular weight is 483 g/mol. The molecule has 0 unspecified atom stereocenters. The van der Waals surface area contributed by atoms with Crippen LogP contribution in [0.15, 0.2) is 65.1 Å². The van der Waals surface area contributed by atoms with Gasteiger partial charge in [0.15, 0.2) is 0 Å². The number of aryl methyl sites for hydroxylation is 1. The number of carbonyl (C=O) groups excluding carboxylic acids is 1. The summed E-state index contributed by atoms with van der Waals surface area (Å²) in [6, 6.07) is 17.2. The van der Waals surface area contributed by atoms with Gasteiger partial charge in [0.1, 0.15) is 23.2 Å². The predicted molar refractivity (Wildman–Crippen MR) is 130 cm³/mol. The Morgan fingerprint density at radius 3 is 2.60 bits per heavy atom.